The van der Waals surface area contributed by atoms with Gasteiger partial charge in [0.2, 0.25) is 0 Å². The highest BCUT2D eigenvalue weighted by Crippen LogP contribution is 2.19. The van der Waals surface area contributed by atoms with Gasteiger partial charge in [-0.25, -0.2) is 0 Å². The molecule has 0 heterocycles. The number of ether oxygens (including phenoxy) is 3. The van der Waals surface area contributed by atoms with Gasteiger partial charge in [0.1, 0.15) is 13.2 Å². The van der Waals surface area contributed by atoms with Crippen molar-refractivity contribution >= 4 is 17.9 Å². The first-order valence-electron chi connectivity index (χ1n) is 30.6. The van der Waals surface area contributed by atoms with E-state index in [0.29, 0.717) is 19.3 Å². The summed E-state index contributed by atoms with van der Waals surface area (Å²) in [6.45, 7) is 13.8. The molecule has 6 heteroatoms. The van der Waals surface area contributed by atoms with Crippen LogP contribution in [0.2, 0.25) is 0 Å². The Kier molecular flexibility index (Phi) is 52.0. The van der Waals surface area contributed by atoms with Crippen molar-refractivity contribution in [2.45, 2.75) is 349 Å². The van der Waals surface area contributed by atoms with Gasteiger partial charge in [0.05, 0.1) is 0 Å². The van der Waals surface area contributed by atoms with Crippen LogP contribution in [-0.4, -0.2) is 37.2 Å². The molecule has 6 nitrogen and oxygen atoms in total. The molecular weight excluding hydrogens is 841 g/mol. The number of esters is 3. The monoisotopic (exact) mass is 961 g/mol. The van der Waals surface area contributed by atoms with E-state index < -0.39 is 6.10 Å². The fraction of sp³-hybridized carbons (Fsp3) is 0.952. The van der Waals surface area contributed by atoms with Crippen molar-refractivity contribution in [2.75, 3.05) is 13.2 Å². The highest BCUT2D eigenvalue weighted by atomic mass is 16.6. The van der Waals surface area contributed by atoms with E-state index in [-0.39, 0.29) is 31.1 Å². The molecule has 0 radical (unpaired) electrons. The lowest BCUT2D eigenvalue weighted by molar-refractivity contribution is -0.167. The zero-order valence-corrected chi connectivity index (χ0v) is 46.9. The first-order chi connectivity index (χ1) is 33.1. The van der Waals surface area contributed by atoms with E-state index in [0.717, 1.165) is 75.5 Å². The Labute approximate surface area is 425 Å². The summed E-state index contributed by atoms with van der Waals surface area (Å²) in [6, 6.07) is 0. The van der Waals surface area contributed by atoms with Crippen molar-refractivity contribution in [3.05, 3.63) is 0 Å². The normalized spacial score (nSPS) is 12.1. The van der Waals surface area contributed by atoms with E-state index in [9.17, 15) is 14.4 Å². The lowest BCUT2D eigenvalue weighted by Crippen LogP contribution is -2.30. The van der Waals surface area contributed by atoms with Gasteiger partial charge in [0.15, 0.2) is 6.10 Å². The van der Waals surface area contributed by atoms with Crippen molar-refractivity contribution in [2.24, 2.45) is 17.8 Å². The van der Waals surface area contributed by atoms with Crippen LogP contribution in [0.5, 0.6) is 0 Å². The third-order valence-corrected chi connectivity index (χ3v) is 14.1. The number of rotatable bonds is 55. The highest BCUT2D eigenvalue weighted by Gasteiger charge is 2.19. The molecule has 404 valence electrons. The Morgan fingerprint density at radius 3 is 0.632 bits per heavy atom. The number of hydrogen-bond donors (Lipinski definition) is 0. The summed E-state index contributed by atoms with van der Waals surface area (Å²) in [4.78, 5) is 38.2. The molecule has 0 amide bonds. The van der Waals surface area contributed by atoms with Crippen molar-refractivity contribution in [1.82, 2.24) is 0 Å². The van der Waals surface area contributed by atoms with Crippen LogP contribution >= 0.6 is 0 Å². The molecule has 0 aromatic heterocycles. The summed E-state index contributed by atoms with van der Waals surface area (Å²) in [5.74, 6) is 1.68. The maximum Gasteiger partial charge on any atom is 0.306 e. The predicted molar refractivity (Wildman–Crippen MR) is 293 cm³/mol. The van der Waals surface area contributed by atoms with Crippen LogP contribution in [0.15, 0.2) is 0 Å². The highest BCUT2D eigenvalue weighted by molar-refractivity contribution is 5.71. The van der Waals surface area contributed by atoms with Gasteiger partial charge in [-0.1, -0.05) is 305 Å². The third kappa shape index (κ3) is 55.3. The SMILES string of the molecule is CC(C)CCCCCCCCCCCCCCCCCCC(=O)OC[C@@H](COC(=O)CCCCCCCCCCCCCCCCC(C)C)OC(=O)CCCCCCCCCCCCCC(C)C. The molecule has 0 unspecified atom stereocenters. The van der Waals surface area contributed by atoms with E-state index in [1.165, 1.54) is 225 Å². The minimum Gasteiger partial charge on any atom is -0.462 e. The van der Waals surface area contributed by atoms with Crippen LogP contribution in [0, 0.1) is 17.8 Å². The van der Waals surface area contributed by atoms with Gasteiger partial charge >= 0.3 is 17.9 Å². The summed E-state index contributed by atoms with van der Waals surface area (Å²) in [5, 5.41) is 0. The molecule has 0 rings (SSSR count). The number of unbranched alkanes of at least 4 members (excludes halogenated alkanes) is 38. The molecule has 68 heavy (non-hydrogen) atoms. The Balaban J connectivity index is 4.28. The number of hydrogen-bond acceptors (Lipinski definition) is 6. The Bertz CT molecular complexity index is 1050. The molecule has 0 aromatic carbocycles. The second-order valence-corrected chi connectivity index (χ2v) is 22.8. The lowest BCUT2D eigenvalue weighted by atomic mass is 10.0. The topological polar surface area (TPSA) is 78.9 Å². The minimum absolute atomic E-state index is 0.0630. The fourth-order valence-corrected chi connectivity index (χ4v) is 9.53. The fourth-order valence-electron chi connectivity index (χ4n) is 9.53. The maximum atomic E-state index is 12.9. The minimum atomic E-state index is -0.764. The van der Waals surface area contributed by atoms with Crippen molar-refractivity contribution in [3.63, 3.8) is 0 Å². The lowest BCUT2D eigenvalue weighted by Gasteiger charge is -2.18. The molecule has 0 aromatic rings. The summed E-state index contributed by atoms with van der Waals surface area (Å²) in [5.41, 5.74) is 0. The predicted octanol–water partition coefficient (Wildman–Crippen LogP) is 20.3. The number of carbonyl (C=O) groups is 3. The van der Waals surface area contributed by atoms with Crippen molar-refractivity contribution in [1.29, 1.82) is 0 Å². The van der Waals surface area contributed by atoms with Gasteiger partial charge in [-0.3, -0.25) is 14.4 Å². The van der Waals surface area contributed by atoms with Crippen LogP contribution in [0.1, 0.15) is 343 Å². The van der Waals surface area contributed by atoms with Crippen LogP contribution in [0.3, 0.4) is 0 Å². The van der Waals surface area contributed by atoms with Gasteiger partial charge < -0.3 is 14.2 Å². The van der Waals surface area contributed by atoms with Gasteiger partial charge in [0.25, 0.3) is 0 Å². The zero-order chi connectivity index (χ0) is 49.8. The van der Waals surface area contributed by atoms with E-state index in [1.54, 1.807) is 0 Å². The van der Waals surface area contributed by atoms with E-state index >= 15 is 0 Å². The molecule has 0 aliphatic rings. The second-order valence-electron chi connectivity index (χ2n) is 22.8. The maximum absolute atomic E-state index is 12.9. The van der Waals surface area contributed by atoms with Crippen molar-refractivity contribution < 1.29 is 28.6 Å². The summed E-state index contributed by atoms with van der Waals surface area (Å²) < 4.78 is 16.9. The summed E-state index contributed by atoms with van der Waals surface area (Å²) in [7, 11) is 0. The summed E-state index contributed by atoms with van der Waals surface area (Å²) >= 11 is 0. The average molecular weight is 962 g/mol. The smallest absolute Gasteiger partial charge is 0.306 e. The third-order valence-electron chi connectivity index (χ3n) is 14.1. The first-order valence-corrected chi connectivity index (χ1v) is 30.6. The van der Waals surface area contributed by atoms with Gasteiger partial charge in [-0.15, -0.1) is 0 Å². The van der Waals surface area contributed by atoms with E-state index in [2.05, 4.69) is 41.5 Å². The average Bonchev–Trinajstić information content (AvgIpc) is 3.30. The Morgan fingerprint density at radius 2 is 0.426 bits per heavy atom. The van der Waals surface area contributed by atoms with Crippen LogP contribution < -0.4 is 0 Å². The molecule has 0 fully saturated rings. The molecule has 0 bridgehead atoms. The van der Waals surface area contributed by atoms with Crippen LogP contribution in [0.25, 0.3) is 0 Å². The molecule has 0 saturated heterocycles. The molecule has 0 aliphatic heterocycles. The van der Waals surface area contributed by atoms with Gasteiger partial charge in [0, 0.05) is 19.3 Å². The Hall–Kier alpha value is -1.59. The molecular formula is C62H120O6. The molecule has 1 atom stereocenters. The van der Waals surface area contributed by atoms with Crippen LogP contribution in [-0.2, 0) is 28.6 Å². The van der Waals surface area contributed by atoms with Crippen LogP contribution in [0.4, 0.5) is 0 Å². The zero-order valence-electron chi connectivity index (χ0n) is 46.9. The molecule has 0 aliphatic carbocycles. The molecule has 0 spiro atoms. The largest absolute Gasteiger partial charge is 0.462 e. The van der Waals surface area contributed by atoms with E-state index in [1.807, 2.05) is 0 Å². The quantitative estimate of drug-likeness (QED) is 0.0343. The standard InChI is InChI=1S/C62H120O6/c1-56(2)48-42-36-30-24-18-13-9-7-8-10-15-21-27-33-39-45-51-60(63)66-54-59(68-62(65)53-47-41-35-29-23-17-20-26-32-38-44-50-58(5)6)55-67-61(64)52-46-40-34-28-22-16-12-11-14-19-25-31-37-43-49-57(3)4/h56-59H,7-55H2,1-6H3/t59-/m0/s1. The van der Waals surface area contributed by atoms with Gasteiger partial charge in [-0.2, -0.15) is 0 Å². The second kappa shape index (κ2) is 53.2. The van der Waals surface area contributed by atoms with Crippen molar-refractivity contribution in [3.8, 4) is 0 Å². The first kappa shape index (κ1) is 66.4. The molecule has 0 N–H and O–H groups in total. The Morgan fingerprint density at radius 1 is 0.250 bits per heavy atom. The summed E-state index contributed by atoms with van der Waals surface area (Å²) in [6.07, 6.45) is 56.7. The molecule has 0 saturated carbocycles. The number of carbonyl (C=O) groups excluding carboxylic acids is 3. The van der Waals surface area contributed by atoms with Gasteiger partial charge in [-0.05, 0) is 37.0 Å². The van der Waals surface area contributed by atoms with E-state index in [4.69, 9.17) is 14.2 Å².